The number of rotatable bonds is 12. The predicted octanol–water partition coefficient (Wildman–Crippen LogP) is 5.63. The monoisotopic (exact) mass is 576 g/mol. The minimum absolute atomic E-state index is 0.00587. The second-order valence-electron chi connectivity index (χ2n) is 10.9. The van der Waals surface area contributed by atoms with Crippen molar-refractivity contribution in [1.82, 2.24) is 9.62 Å². The van der Waals surface area contributed by atoms with Gasteiger partial charge in [0.2, 0.25) is 10.0 Å². The highest BCUT2D eigenvalue weighted by molar-refractivity contribution is 7.89. The standard InChI is InChI=1S/C33H40N2O5S/c1-2-20-35(29-8-6-7-9-29)23-30-21-32(27-16-14-26(24-36)15-17-27)40-33(39-30)28-18-12-25(13-19-28)22-34-41(37,38)31-10-4-3-5-11-31/h2-5,10-19,29-30,32-34,36H,1,6-9,20-24H2. The van der Waals surface area contributed by atoms with Crippen molar-refractivity contribution in [2.24, 2.45) is 0 Å². The third-order valence-electron chi connectivity index (χ3n) is 8.03. The topological polar surface area (TPSA) is 88.1 Å². The van der Waals surface area contributed by atoms with Crippen LogP contribution < -0.4 is 4.72 Å². The van der Waals surface area contributed by atoms with Crippen LogP contribution in [0, 0.1) is 0 Å². The normalized spacial score (nSPS) is 21.8. The quantitative estimate of drug-likeness (QED) is 0.272. The summed E-state index contributed by atoms with van der Waals surface area (Å²) < 4.78 is 41.0. The Balaban J connectivity index is 1.31. The van der Waals surface area contributed by atoms with Gasteiger partial charge in [0.15, 0.2) is 6.29 Å². The zero-order valence-electron chi connectivity index (χ0n) is 23.4. The maximum atomic E-state index is 12.6. The summed E-state index contributed by atoms with van der Waals surface area (Å²) in [6, 6.07) is 24.6. The fourth-order valence-corrected chi connectivity index (χ4v) is 6.80. The molecular formula is C33H40N2O5S. The van der Waals surface area contributed by atoms with Gasteiger partial charge in [0.05, 0.1) is 23.7 Å². The van der Waals surface area contributed by atoms with Crippen LogP contribution in [-0.2, 0) is 32.6 Å². The number of nitrogens with zero attached hydrogens (tertiary/aromatic N) is 1. The lowest BCUT2D eigenvalue weighted by Crippen LogP contribution is -2.43. The number of benzene rings is 3. The average molecular weight is 577 g/mol. The minimum Gasteiger partial charge on any atom is -0.392 e. The lowest BCUT2D eigenvalue weighted by atomic mass is 9.99. The molecule has 0 spiro atoms. The molecule has 5 rings (SSSR count). The van der Waals surface area contributed by atoms with Crippen LogP contribution >= 0.6 is 0 Å². The van der Waals surface area contributed by atoms with Crippen molar-refractivity contribution in [3.8, 4) is 0 Å². The second kappa shape index (κ2) is 13.9. The third-order valence-corrected chi connectivity index (χ3v) is 9.45. The molecule has 1 heterocycles. The van der Waals surface area contributed by atoms with E-state index in [1.807, 2.05) is 54.6 Å². The first-order valence-corrected chi connectivity index (χ1v) is 15.9. The number of sulfonamides is 1. The number of nitrogens with one attached hydrogen (secondary N) is 1. The van der Waals surface area contributed by atoms with Crippen LogP contribution in [0.2, 0.25) is 0 Å². The van der Waals surface area contributed by atoms with Gasteiger partial charge < -0.3 is 14.6 Å². The van der Waals surface area contributed by atoms with E-state index in [2.05, 4.69) is 16.2 Å². The van der Waals surface area contributed by atoms with Gasteiger partial charge in [0.25, 0.3) is 0 Å². The molecule has 3 aromatic rings. The molecule has 3 atom stereocenters. The molecule has 1 aliphatic heterocycles. The van der Waals surface area contributed by atoms with Crippen molar-refractivity contribution in [2.75, 3.05) is 13.1 Å². The van der Waals surface area contributed by atoms with Crippen molar-refractivity contribution in [2.45, 2.75) is 74.7 Å². The summed E-state index contributed by atoms with van der Waals surface area (Å²) in [4.78, 5) is 2.74. The molecule has 7 nitrogen and oxygen atoms in total. The molecule has 2 aliphatic rings. The van der Waals surface area contributed by atoms with Crippen LogP contribution in [-0.4, -0.2) is 43.7 Å². The molecule has 3 unspecified atom stereocenters. The van der Waals surface area contributed by atoms with E-state index in [9.17, 15) is 13.5 Å². The van der Waals surface area contributed by atoms with Gasteiger partial charge in [-0.2, -0.15) is 0 Å². The summed E-state index contributed by atoms with van der Waals surface area (Å²) >= 11 is 0. The summed E-state index contributed by atoms with van der Waals surface area (Å²) in [5.74, 6) is 0. The van der Waals surface area contributed by atoms with Crippen LogP contribution in [0.5, 0.6) is 0 Å². The van der Waals surface area contributed by atoms with Gasteiger partial charge in [0.1, 0.15) is 0 Å². The highest BCUT2D eigenvalue weighted by Gasteiger charge is 2.34. The fourth-order valence-electron chi connectivity index (χ4n) is 5.76. The molecule has 41 heavy (non-hydrogen) atoms. The van der Waals surface area contributed by atoms with E-state index in [1.54, 1.807) is 30.3 Å². The Morgan fingerprint density at radius 3 is 2.22 bits per heavy atom. The van der Waals surface area contributed by atoms with Gasteiger partial charge >= 0.3 is 0 Å². The van der Waals surface area contributed by atoms with Gasteiger partial charge in [-0.15, -0.1) is 6.58 Å². The van der Waals surface area contributed by atoms with E-state index in [-0.39, 0.29) is 30.3 Å². The largest absolute Gasteiger partial charge is 0.392 e. The van der Waals surface area contributed by atoms with E-state index >= 15 is 0 Å². The van der Waals surface area contributed by atoms with Crippen molar-refractivity contribution >= 4 is 10.0 Å². The van der Waals surface area contributed by atoms with E-state index in [4.69, 9.17) is 9.47 Å². The SMILES string of the molecule is C=CCN(CC1CC(c2ccc(CO)cc2)OC(c2ccc(CNS(=O)(=O)c3ccccc3)cc2)O1)C1CCCC1. The predicted molar refractivity (Wildman–Crippen MR) is 159 cm³/mol. The van der Waals surface area contributed by atoms with Crippen molar-refractivity contribution in [1.29, 1.82) is 0 Å². The number of ether oxygens (including phenoxy) is 2. The van der Waals surface area contributed by atoms with Crippen molar-refractivity contribution < 1.29 is 23.0 Å². The fraction of sp³-hybridized carbons (Fsp3) is 0.394. The van der Waals surface area contributed by atoms with E-state index in [1.165, 1.54) is 25.7 Å². The number of hydrogen-bond donors (Lipinski definition) is 2. The van der Waals surface area contributed by atoms with Gasteiger partial charge in [0, 0.05) is 37.7 Å². The average Bonchev–Trinajstić information content (AvgIpc) is 3.56. The van der Waals surface area contributed by atoms with Gasteiger partial charge in [-0.05, 0) is 41.7 Å². The summed E-state index contributed by atoms with van der Waals surface area (Å²) in [5, 5.41) is 9.49. The molecule has 1 aliphatic carbocycles. The molecule has 0 bridgehead atoms. The first-order valence-electron chi connectivity index (χ1n) is 14.4. The minimum atomic E-state index is -3.59. The summed E-state index contributed by atoms with van der Waals surface area (Å²) in [7, 11) is -3.59. The second-order valence-corrected chi connectivity index (χ2v) is 12.7. The van der Waals surface area contributed by atoms with Crippen molar-refractivity contribution in [3.63, 3.8) is 0 Å². The molecular weight excluding hydrogens is 536 g/mol. The Hall–Kier alpha value is -2.85. The number of aliphatic hydroxyl groups excluding tert-OH is 1. The zero-order chi connectivity index (χ0) is 28.7. The molecule has 2 fully saturated rings. The van der Waals surface area contributed by atoms with Crippen molar-refractivity contribution in [3.05, 3.63) is 114 Å². The summed E-state index contributed by atoms with van der Waals surface area (Å²) in [5.41, 5.74) is 3.65. The van der Waals surface area contributed by atoms with Crippen LogP contribution in [0.25, 0.3) is 0 Å². The molecule has 0 aromatic heterocycles. The van der Waals surface area contributed by atoms with E-state index in [0.29, 0.717) is 6.04 Å². The first kappa shape index (κ1) is 29.6. The molecule has 8 heteroatoms. The van der Waals surface area contributed by atoms with Gasteiger partial charge in [-0.1, -0.05) is 85.6 Å². The van der Waals surface area contributed by atoms with Gasteiger partial charge in [-0.3, -0.25) is 4.90 Å². The highest BCUT2D eigenvalue weighted by atomic mass is 32.2. The molecule has 218 valence electrons. The Kier molecular flexibility index (Phi) is 10.0. The van der Waals surface area contributed by atoms with Crippen LogP contribution in [0.1, 0.15) is 66.8 Å². The van der Waals surface area contributed by atoms with E-state index in [0.717, 1.165) is 41.8 Å². The molecule has 1 saturated heterocycles. The zero-order valence-corrected chi connectivity index (χ0v) is 24.2. The maximum Gasteiger partial charge on any atom is 0.240 e. The summed E-state index contributed by atoms with van der Waals surface area (Å²) in [6.45, 7) is 5.82. The highest BCUT2D eigenvalue weighted by Crippen LogP contribution is 2.39. The van der Waals surface area contributed by atoms with Crippen LogP contribution in [0.3, 0.4) is 0 Å². The maximum absolute atomic E-state index is 12.6. The Bertz CT molecular complexity index is 1360. The summed E-state index contributed by atoms with van der Waals surface area (Å²) in [6.07, 6.45) is 6.92. The molecule has 2 N–H and O–H groups in total. The lowest BCUT2D eigenvalue weighted by Gasteiger charge is -2.39. The lowest BCUT2D eigenvalue weighted by molar-refractivity contribution is -0.253. The molecule has 3 aromatic carbocycles. The Morgan fingerprint density at radius 1 is 0.902 bits per heavy atom. The molecule has 1 saturated carbocycles. The van der Waals surface area contributed by atoms with Crippen LogP contribution in [0.15, 0.2) is 96.4 Å². The number of aliphatic hydroxyl groups is 1. The third kappa shape index (κ3) is 7.71. The smallest absolute Gasteiger partial charge is 0.240 e. The van der Waals surface area contributed by atoms with Crippen LogP contribution in [0.4, 0.5) is 0 Å². The molecule has 0 amide bonds. The van der Waals surface area contributed by atoms with Gasteiger partial charge in [-0.25, -0.2) is 13.1 Å². The number of hydrogen-bond acceptors (Lipinski definition) is 6. The molecule has 0 radical (unpaired) electrons. The Labute approximate surface area is 243 Å². The first-order chi connectivity index (χ1) is 19.9. The van der Waals surface area contributed by atoms with E-state index < -0.39 is 16.3 Å². The Morgan fingerprint density at radius 2 is 1.56 bits per heavy atom.